The van der Waals surface area contributed by atoms with Gasteiger partial charge in [-0.1, -0.05) is 23.5 Å². The summed E-state index contributed by atoms with van der Waals surface area (Å²) in [5.41, 5.74) is 1.10. The number of hydrogen-bond acceptors (Lipinski definition) is 7. The lowest BCUT2D eigenvalue weighted by atomic mass is 10.1. The van der Waals surface area contributed by atoms with E-state index >= 15 is 0 Å². The lowest BCUT2D eigenvalue weighted by Gasteiger charge is -2.37. The molecule has 1 N–H and O–H groups in total. The number of aromatic nitrogens is 1. The van der Waals surface area contributed by atoms with Crippen LogP contribution in [-0.4, -0.2) is 83.7 Å². The largest absolute Gasteiger partial charge is 0.345 e. The SMILES string of the molecule is O=C([C@@H]1C[C@H](N2CCN(c3nc4ccccc4s3)CC2)CN1)N1CCSC1. The Labute approximate surface area is 167 Å². The Kier molecular flexibility index (Phi) is 4.98. The summed E-state index contributed by atoms with van der Waals surface area (Å²) in [6.07, 6.45) is 0.946. The van der Waals surface area contributed by atoms with Crippen LogP contribution in [-0.2, 0) is 4.79 Å². The fourth-order valence-electron chi connectivity index (χ4n) is 4.27. The quantitative estimate of drug-likeness (QED) is 0.842. The molecule has 0 aliphatic carbocycles. The number of nitrogens with one attached hydrogen (secondary N) is 1. The maximum absolute atomic E-state index is 12.6. The molecule has 0 bridgehead atoms. The van der Waals surface area contributed by atoms with Crippen molar-refractivity contribution in [2.75, 3.05) is 55.8 Å². The third kappa shape index (κ3) is 3.55. The van der Waals surface area contributed by atoms with Crippen LogP contribution in [0.15, 0.2) is 24.3 Å². The highest BCUT2D eigenvalue weighted by Crippen LogP contribution is 2.29. The van der Waals surface area contributed by atoms with Gasteiger partial charge in [0.1, 0.15) is 0 Å². The maximum atomic E-state index is 12.6. The fourth-order valence-corrected chi connectivity index (χ4v) is 6.24. The second kappa shape index (κ2) is 7.58. The minimum atomic E-state index is 0.0102. The van der Waals surface area contributed by atoms with Crippen LogP contribution in [0.4, 0.5) is 5.13 Å². The summed E-state index contributed by atoms with van der Waals surface area (Å²) in [4.78, 5) is 24.4. The standard InChI is InChI=1S/C19H25N5OS2/c25-18(24-9-10-26-13-24)16-11-14(12-20-16)22-5-7-23(8-6-22)19-21-15-3-1-2-4-17(15)27-19/h1-4,14,16,20H,5-13H2/t14-,16-/m0/s1. The Bertz CT molecular complexity index is 780. The van der Waals surface area contributed by atoms with Gasteiger partial charge in [0.25, 0.3) is 0 Å². The molecule has 27 heavy (non-hydrogen) atoms. The number of thiazole rings is 1. The summed E-state index contributed by atoms with van der Waals surface area (Å²) >= 11 is 3.64. The maximum Gasteiger partial charge on any atom is 0.240 e. The topological polar surface area (TPSA) is 51.7 Å². The van der Waals surface area contributed by atoms with E-state index in [2.05, 4.69) is 39.4 Å². The first-order valence-corrected chi connectivity index (χ1v) is 11.7. The number of thioether (sulfide) groups is 1. The zero-order valence-electron chi connectivity index (χ0n) is 15.3. The second-order valence-electron chi connectivity index (χ2n) is 7.48. The van der Waals surface area contributed by atoms with Crippen molar-refractivity contribution in [1.29, 1.82) is 0 Å². The number of carbonyl (C=O) groups is 1. The first kappa shape index (κ1) is 17.7. The zero-order valence-corrected chi connectivity index (χ0v) is 17.0. The van der Waals surface area contributed by atoms with Crippen LogP contribution < -0.4 is 10.2 Å². The number of benzene rings is 1. The molecule has 3 aliphatic rings. The molecular formula is C19H25N5OS2. The Morgan fingerprint density at radius 3 is 2.78 bits per heavy atom. The summed E-state index contributed by atoms with van der Waals surface area (Å²) in [6.45, 7) is 5.95. The van der Waals surface area contributed by atoms with E-state index < -0.39 is 0 Å². The van der Waals surface area contributed by atoms with Crippen LogP contribution in [0.3, 0.4) is 0 Å². The Balaban J connectivity index is 1.17. The van der Waals surface area contributed by atoms with Gasteiger partial charge in [0, 0.05) is 51.1 Å². The third-order valence-corrected chi connectivity index (χ3v) is 7.92. The van der Waals surface area contributed by atoms with Gasteiger partial charge in [-0.3, -0.25) is 9.69 Å². The molecule has 6 nitrogen and oxygen atoms in total. The summed E-state index contributed by atoms with van der Waals surface area (Å²) in [6, 6.07) is 8.85. The smallest absolute Gasteiger partial charge is 0.240 e. The molecule has 0 unspecified atom stereocenters. The van der Waals surface area contributed by atoms with Crippen molar-refractivity contribution in [1.82, 2.24) is 20.1 Å². The molecule has 3 saturated heterocycles. The molecule has 0 radical (unpaired) electrons. The van der Waals surface area contributed by atoms with Gasteiger partial charge in [-0.15, -0.1) is 11.8 Å². The Morgan fingerprint density at radius 1 is 1.15 bits per heavy atom. The molecule has 2 aromatic rings. The van der Waals surface area contributed by atoms with Crippen molar-refractivity contribution in [3.63, 3.8) is 0 Å². The average Bonchev–Trinajstić information content (AvgIpc) is 3.48. The zero-order chi connectivity index (χ0) is 18.2. The van der Waals surface area contributed by atoms with Gasteiger partial charge in [0.2, 0.25) is 5.91 Å². The van der Waals surface area contributed by atoms with Crippen LogP contribution in [0.2, 0.25) is 0 Å². The second-order valence-corrected chi connectivity index (χ2v) is 9.56. The molecule has 144 valence electrons. The number of nitrogens with zero attached hydrogens (tertiary/aromatic N) is 4. The van der Waals surface area contributed by atoms with Crippen LogP contribution in [0.1, 0.15) is 6.42 Å². The van der Waals surface area contributed by atoms with Crippen LogP contribution in [0.25, 0.3) is 10.2 Å². The Hall–Kier alpha value is -1.35. The number of carbonyl (C=O) groups excluding carboxylic acids is 1. The van der Waals surface area contributed by atoms with E-state index in [-0.39, 0.29) is 6.04 Å². The predicted molar refractivity (Wildman–Crippen MR) is 113 cm³/mol. The molecule has 3 fully saturated rings. The summed E-state index contributed by atoms with van der Waals surface area (Å²) in [5.74, 6) is 2.24. The van der Waals surface area contributed by atoms with Crippen molar-refractivity contribution in [3.05, 3.63) is 24.3 Å². The molecule has 0 spiro atoms. The van der Waals surface area contributed by atoms with Gasteiger partial charge in [0.15, 0.2) is 5.13 Å². The number of amides is 1. The fraction of sp³-hybridized carbons (Fsp3) is 0.579. The van der Waals surface area contributed by atoms with E-state index in [0.717, 1.165) is 68.0 Å². The summed E-state index contributed by atoms with van der Waals surface area (Å²) in [7, 11) is 0. The van der Waals surface area contributed by atoms with E-state index in [4.69, 9.17) is 4.98 Å². The molecule has 5 rings (SSSR count). The summed E-state index contributed by atoms with van der Waals surface area (Å²) in [5, 5.41) is 4.61. The normalized spacial score (nSPS) is 27.0. The van der Waals surface area contributed by atoms with Gasteiger partial charge in [-0.05, 0) is 18.6 Å². The van der Waals surface area contributed by atoms with Crippen LogP contribution in [0, 0.1) is 0 Å². The molecule has 1 amide bonds. The number of fused-ring (bicyclic) bond motifs is 1. The number of rotatable bonds is 3. The highest BCUT2D eigenvalue weighted by Gasteiger charge is 2.36. The molecule has 4 heterocycles. The van der Waals surface area contributed by atoms with Gasteiger partial charge in [-0.25, -0.2) is 4.98 Å². The van der Waals surface area contributed by atoms with Gasteiger partial charge < -0.3 is 15.1 Å². The first-order valence-electron chi connectivity index (χ1n) is 9.72. The molecule has 1 aromatic carbocycles. The van der Waals surface area contributed by atoms with E-state index in [1.54, 1.807) is 11.3 Å². The van der Waals surface area contributed by atoms with Crippen molar-refractivity contribution in [2.45, 2.75) is 18.5 Å². The average molecular weight is 404 g/mol. The predicted octanol–water partition coefficient (Wildman–Crippen LogP) is 1.68. The van der Waals surface area contributed by atoms with E-state index in [0.29, 0.717) is 11.9 Å². The number of piperazine rings is 1. The monoisotopic (exact) mass is 403 g/mol. The number of hydrogen-bond donors (Lipinski definition) is 1. The van der Waals surface area contributed by atoms with Crippen molar-refractivity contribution < 1.29 is 4.79 Å². The third-order valence-electron chi connectivity index (χ3n) is 5.85. The number of para-hydroxylation sites is 1. The first-order chi connectivity index (χ1) is 13.3. The molecule has 1 aromatic heterocycles. The molecule has 3 aliphatic heterocycles. The van der Waals surface area contributed by atoms with Gasteiger partial charge in [-0.2, -0.15) is 0 Å². The number of anilines is 1. The van der Waals surface area contributed by atoms with Crippen LogP contribution in [0.5, 0.6) is 0 Å². The van der Waals surface area contributed by atoms with Gasteiger partial charge >= 0.3 is 0 Å². The van der Waals surface area contributed by atoms with Crippen LogP contribution >= 0.6 is 23.1 Å². The molecular weight excluding hydrogens is 378 g/mol. The highest BCUT2D eigenvalue weighted by atomic mass is 32.2. The van der Waals surface area contributed by atoms with E-state index in [9.17, 15) is 4.79 Å². The molecule has 8 heteroatoms. The highest BCUT2D eigenvalue weighted by molar-refractivity contribution is 7.99. The Morgan fingerprint density at radius 2 is 2.00 bits per heavy atom. The van der Waals surface area contributed by atoms with E-state index in [1.165, 1.54) is 4.70 Å². The summed E-state index contributed by atoms with van der Waals surface area (Å²) < 4.78 is 1.26. The lowest BCUT2D eigenvalue weighted by Crippen LogP contribution is -2.51. The lowest BCUT2D eigenvalue weighted by molar-refractivity contribution is -0.131. The molecule has 2 atom stereocenters. The minimum absolute atomic E-state index is 0.0102. The van der Waals surface area contributed by atoms with E-state index in [1.807, 2.05) is 16.7 Å². The van der Waals surface area contributed by atoms with Crippen molar-refractivity contribution in [2.24, 2.45) is 0 Å². The van der Waals surface area contributed by atoms with Crippen molar-refractivity contribution >= 4 is 44.4 Å². The minimum Gasteiger partial charge on any atom is -0.345 e. The molecule has 0 saturated carbocycles. The van der Waals surface area contributed by atoms with Crippen molar-refractivity contribution in [3.8, 4) is 0 Å². The van der Waals surface area contributed by atoms with Gasteiger partial charge in [0.05, 0.1) is 22.1 Å².